The van der Waals surface area contributed by atoms with Crippen molar-refractivity contribution in [2.24, 2.45) is 23.7 Å². The molecule has 1 nitrogen and oxygen atoms in total. The summed E-state index contributed by atoms with van der Waals surface area (Å²) >= 11 is 0. The minimum atomic E-state index is 0.902. The van der Waals surface area contributed by atoms with E-state index in [9.17, 15) is 0 Å². The first-order valence-electron chi connectivity index (χ1n) is 8.56. The van der Waals surface area contributed by atoms with Gasteiger partial charge in [0.2, 0.25) is 0 Å². The van der Waals surface area contributed by atoms with Crippen molar-refractivity contribution in [2.75, 3.05) is 6.54 Å². The van der Waals surface area contributed by atoms with E-state index in [0.29, 0.717) is 0 Å². The molecule has 1 heteroatoms. The smallest absolute Gasteiger partial charge is 0.00683 e. The van der Waals surface area contributed by atoms with Crippen LogP contribution in [0.15, 0.2) is 0 Å². The van der Waals surface area contributed by atoms with Gasteiger partial charge in [-0.1, -0.05) is 32.6 Å². The monoisotopic (exact) mass is 249 g/mol. The SMILES string of the molecule is CC1CCC(C2CCCCC2CNC2CC2)CC1. The molecule has 1 N–H and O–H groups in total. The summed E-state index contributed by atoms with van der Waals surface area (Å²) in [7, 11) is 0. The molecule has 2 atom stereocenters. The number of hydrogen-bond donors (Lipinski definition) is 1. The van der Waals surface area contributed by atoms with Gasteiger partial charge in [0.05, 0.1) is 0 Å². The fraction of sp³-hybridized carbons (Fsp3) is 1.00. The van der Waals surface area contributed by atoms with Gasteiger partial charge in [0.1, 0.15) is 0 Å². The van der Waals surface area contributed by atoms with Gasteiger partial charge in [0, 0.05) is 6.04 Å². The average molecular weight is 249 g/mol. The summed E-state index contributed by atoms with van der Waals surface area (Å²) in [4.78, 5) is 0. The highest BCUT2D eigenvalue weighted by Crippen LogP contribution is 2.42. The zero-order chi connectivity index (χ0) is 12.4. The lowest BCUT2D eigenvalue weighted by Gasteiger charge is -2.40. The fourth-order valence-electron chi connectivity index (χ4n) is 4.43. The molecule has 3 saturated carbocycles. The van der Waals surface area contributed by atoms with Crippen LogP contribution in [0, 0.1) is 23.7 Å². The zero-order valence-electron chi connectivity index (χ0n) is 12.2. The summed E-state index contributed by atoms with van der Waals surface area (Å²) in [5, 5.41) is 3.80. The molecule has 0 radical (unpaired) electrons. The molecule has 0 spiro atoms. The molecule has 3 rings (SSSR count). The molecule has 3 aliphatic carbocycles. The molecule has 18 heavy (non-hydrogen) atoms. The summed E-state index contributed by atoms with van der Waals surface area (Å²) in [5.41, 5.74) is 0. The van der Waals surface area contributed by atoms with Crippen LogP contribution in [0.3, 0.4) is 0 Å². The molecule has 3 fully saturated rings. The highest BCUT2D eigenvalue weighted by atomic mass is 14.9. The van der Waals surface area contributed by atoms with Gasteiger partial charge >= 0.3 is 0 Å². The summed E-state index contributed by atoms with van der Waals surface area (Å²) < 4.78 is 0. The number of hydrogen-bond acceptors (Lipinski definition) is 1. The first-order chi connectivity index (χ1) is 8.83. The normalized spacial score (nSPS) is 41.8. The van der Waals surface area contributed by atoms with E-state index in [1.54, 1.807) is 0 Å². The molecule has 0 saturated heterocycles. The van der Waals surface area contributed by atoms with Crippen LogP contribution in [0.5, 0.6) is 0 Å². The second kappa shape index (κ2) is 5.94. The fourth-order valence-corrected chi connectivity index (χ4v) is 4.43. The third-order valence-corrected chi connectivity index (χ3v) is 5.88. The summed E-state index contributed by atoms with van der Waals surface area (Å²) in [6.07, 6.45) is 15.0. The molecule has 2 unspecified atom stereocenters. The highest BCUT2D eigenvalue weighted by molar-refractivity contribution is 4.88. The van der Waals surface area contributed by atoms with E-state index in [0.717, 1.165) is 29.7 Å². The van der Waals surface area contributed by atoms with E-state index in [-0.39, 0.29) is 0 Å². The topological polar surface area (TPSA) is 12.0 Å². The maximum atomic E-state index is 3.80. The van der Waals surface area contributed by atoms with Crippen molar-refractivity contribution in [3.63, 3.8) is 0 Å². The average Bonchev–Trinajstić information content (AvgIpc) is 3.22. The molecule has 0 heterocycles. The van der Waals surface area contributed by atoms with Gasteiger partial charge in [-0.3, -0.25) is 0 Å². The molecular formula is C17H31N. The van der Waals surface area contributed by atoms with Gasteiger partial charge in [-0.2, -0.15) is 0 Å². The van der Waals surface area contributed by atoms with E-state index in [2.05, 4.69) is 12.2 Å². The predicted molar refractivity (Wildman–Crippen MR) is 77.6 cm³/mol. The van der Waals surface area contributed by atoms with E-state index in [1.807, 2.05) is 0 Å². The Hall–Kier alpha value is -0.0400. The first kappa shape index (κ1) is 13.0. The molecular weight excluding hydrogens is 218 g/mol. The molecule has 0 aromatic heterocycles. The molecule has 3 aliphatic rings. The van der Waals surface area contributed by atoms with Crippen molar-refractivity contribution in [2.45, 2.75) is 77.2 Å². The lowest BCUT2D eigenvalue weighted by molar-refractivity contribution is 0.114. The lowest BCUT2D eigenvalue weighted by Crippen LogP contribution is -2.36. The quantitative estimate of drug-likeness (QED) is 0.780. The highest BCUT2D eigenvalue weighted by Gasteiger charge is 2.34. The number of rotatable bonds is 4. The Kier molecular flexibility index (Phi) is 4.28. The van der Waals surface area contributed by atoms with Crippen LogP contribution < -0.4 is 5.32 Å². The van der Waals surface area contributed by atoms with Crippen molar-refractivity contribution in [1.29, 1.82) is 0 Å². The molecule has 0 amide bonds. The van der Waals surface area contributed by atoms with Crippen LogP contribution in [0.4, 0.5) is 0 Å². The molecule has 0 aromatic carbocycles. The minimum Gasteiger partial charge on any atom is -0.314 e. The second-order valence-electron chi connectivity index (χ2n) is 7.41. The van der Waals surface area contributed by atoms with Crippen LogP contribution in [0.2, 0.25) is 0 Å². The van der Waals surface area contributed by atoms with Crippen molar-refractivity contribution in [3.8, 4) is 0 Å². The van der Waals surface area contributed by atoms with Crippen molar-refractivity contribution in [3.05, 3.63) is 0 Å². The minimum absolute atomic E-state index is 0.902. The van der Waals surface area contributed by atoms with Gasteiger partial charge in [-0.05, 0) is 68.7 Å². The Morgan fingerprint density at radius 3 is 2.28 bits per heavy atom. The van der Waals surface area contributed by atoms with Crippen molar-refractivity contribution < 1.29 is 0 Å². The third-order valence-electron chi connectivity index (χ3n) is 5.88. The summed E-state index contributed by atoms with van der Waals surface area (Å²) in [5.74, 6) is 4.16. The van der Waals surface area contributed by atoms with Gasteiger partial charge in [0.25, 0.3) is 0 Å². The van der Waals surface area contributed by atoms with E-state index >= 15 is 0 Å². The summed E-state index contributed by atoms with van der Waals surface area (Å²) in [6, 6.07) is 0.902. The third kappa shape index (κ3) is 3.29. The zero-order valence-corrected chi connectivity index (χ0v) is 12.2. The standard InChI is InChI=1S/C17H31N/c1-13-6-8-14(9-7-13)17-5-3-2-4-15(17)12-18-16-10-11-16/h13-18H,2-12H2,1H3. The molecule has 0 aromatic rings. The number of nitrogens with one attached hydrogen (secondary N) is 1. The van der Waals surface area contributed by atoms with Crippen molar-refractivity contribution >= 4 is 0 Å². The largest absolute Gasteiger partial charge is 0.314 e. The van der Waals surface area contributed by atoms with E-state index in [4.69, 9.17) is 0 Å². The van der Waals surface area contributed by atoms with Crippen LogP contribution in [0.25, 0.3) is 0 Å². The van der Waals surface area contributed by atoms with Crippen LogP contribution in [0.1, 0.15) is 71.1 Å². The Balaban J connectivity index is 1.52. The molecule has 104 valence electrons. The predicted octanol–water partition coefficient (Wildman–Crippen LogP) is 4.37. The Morgan fingerprint density at radius 1 is 0.833 bits per heavy atom. The van der Waals surface area contributed by atoms with Crippen molar-refractivity contribution in [1.82, 2.24) is 5.32 Å². The maximum absolute atomic E-state index is 3.80. The first-order valence-corrected chi connectivity index (χ1v) is 8.56. The Bertz CT molecular complexity index is 250. The van der Waals surface area contributed by atoms with Crippen LogP contribution >= 0.6 is 0 Å². The second-order valence-corrected chi connectivity index (χ2v) is 7.41. The lowest BCUT2D eigenvalue weighted by atomic mass is 9.66. The van der Waals surface area contributed by atoms with Gasteiger partial charge in [-0.15, -0.1) is 0 Å². The summed E-state index contributed by atoms with van der Waals surface area (Å²) in [6.45, 7) is 3.78. The van der Waals surface area contributed by atoms with Crippen LogP contribution in [-0.4, -0.2) is 12.6 Å². The maximum Gasteiger partial charge on any atom is 0.00683 e. The van der Waals surface area contributed by atoms with E-state index < -0.39 is 0 Å². The Labute approximate surface area is 113 Å². The molecule has 0 aliphatic heterocycles. The van der Waals surface area contributed by atoms with Crippen LogP contribution in [-0.2, 0) is 0 Å². The van der Waals surface area contributed by atoms with Gasteiger partial charge in [-0.25, -0.2) is 0 Å². The van der Waals surface area contributed by atoms with Gasteiger partial charge < -0.3 is 5.32 Å². The van der Waals surface area contributed by atoms with E-state index in [1.165, 1.54) is 70.8 Å². The Morgan fingerprint density at radius 2 is 1.56 bits per heavy atom. The van der Waals surface area contributed by atoms with Gasteiger partial charge in [0.15, 0.2) is 0 Å². The molecule has 0 bridgehead atoms.